The van der Waals surface area contributed by atoms with Crippen LogP contribution < -0.4 is 5.32 Å². The first-order chi connectivity index (χ1) is 19.9. The lowest BCUT2D eigenvalue weighted by atomic mass is 9.99. The molecule has 8 nitrogen and oxygen atoms in total. The predicted molar refractivity (Wildman–Crippen MR) is 158 cm³/mol. The Balaban J connectivity index is 1.50. The summed E-state index contributed by atoms with van der Waals surface area (Å²) in [5.74, 6) is 0.541. The van der Waals surface area contributed by atoms with Crippen LogP contribution in [0.15, 0.2) is 72.8 Å². The standard InChI is InChI=1S/C32H37NO7S/c1-21(38-22(2)36)31(37)33-18-24-5-3-6-26(15-24)27-7-4-8-28(16-27)32-39-29(20-41-14-13-34)17-30(40-32)25-11-9-23(19-35)10-12-25/h3-12,15-16,21,29-30,32,34-35H,13-14,17-20H2,1-2H3,(H,33,37)/t21-,29+,30-,32-/m0/s1. The Morgan fingerprint density at radius 1 is 0.976 bits per heavy atom. The fraction of sp³-hybridized carbons (Fsp3) is 0.375. The van der Waals surface area contributed by atoms with Gasteiger partial charge in [0.15, 0.2) is 12.4 Å². The zero-order chi connectivity index (χ0) is 29.2. The second-order valence-electron chi connectivity index (χ2n) is 9.94. The van der Waals surface area contributed by atoms with Gasteiger partial charge in [-0.3, -0.25) is 9.59 Å². The topological polar surface area (TPSA) is 114 Å². The SMILES string of the molecule is CC(=O)O[C@@H](C)C(=O)NCc1cccc(-c2cccc([C@H]3O[C@@H](CSCCO)C[C@@H](c4ccc(CO)cc4)O3)c2)c1. The number of benzene rings is 3. The van der Waals surface area contributed by atoms with E-state index in [-0.39, 0.29) is 31.3 Å². The third kappa shape index (κ3) is 8.89. The van der Waals surface area contributed by atoms with Gasteiger partial charge in [0.2, 0.25) is 0 Å². The lowest BCUT2D eigenvalue weighted by Crippen LogP contribution is -2.35. The number of carbonyl (C=O) groups excluding carboxylic acids is 2. The Morgan fingerprint density at radius 2 is 1.71 bits per heavy atom. The highest BCUT2D eigenvalue weighted by molar-refractivity contribution is 7.99. The van der Waals surface area contributed by atoms with Crippen molar-refractivity contribution < 1.29 is 34.0 Å². The van der Waals surface area contributed by atoms with E-state index in [9.17, 15) is 19.8 Å². The Bertz CT molecular complexity index is 1300. The maximum Gasteiger partial charge on any atom is 0.303 e. The Morgan fingerprint density at radius 3 is 2.41 bits per heavy atom. The van der Waals surface area contributed by atoms with E-state index in [2.05, 4.69) is 11.4 Å². The lowest BCUT2D eigenvalue weighted by Gasteiger charge is -2.36. The first-order valence-corrected chi connectivity index (χ1v) is 14.8. The van der Waals surface area contributed by atoms with Crippen molar-refractivity contribution in [2.45, 2.75) is 58.0 Å². The molecule has 3 N–H and O–H groups in total. The van der Waals surface area contributed by atoms with Crippen molar-refractivity contribution >= 4 is 23.6 Å². The summed E-state index contributed by atoms with van der Waals surface area (Å²) in [6.45, 7) is 3.23. The average molecular weight is 580 g/mol. The Labute approximate surface area is 245 Å². The number of hydrogen-bond acceptors (Lipinski definition) is 8. The van der Waals surface area contributed by atoms with Crippen LogP contribution >= 0.6 is 11.8 Å². The van der Waals surface area contributed by atoms with E-state index < -0.39 is 18.4 Å². The zero-order valence-corrected chi connectivity index (χ0v) is 24.1. The summed E-state index contributed by atoms with van der Waals surface area (Å²) in [4.78, 5) is 23.4. The smallest absolute Gasteiger partial charge is 0.303 e. The number of thioether (sulfide) groups is 1. The van der Waals surface area contributed by atoms with E-state index in [0.717, 1.165) is 39.1 Å². The van der Waals surface area contributed by atoms with Gasteiger partial charge in [0.1, 0.15) is 0 Å². The van der Waals surface area contributed by atoms with Gasteiger partial charge in [0, 0.05) is 37.0 Å². The number of hydrogen-bond donors (Lipinski definition) is 3. The summed E-state index contributed by atoms with van der Waals surface area (Å²) >= 11 is 1.65. The van der Waals surface area contributed by atoms with Gasteiger partial charge < -0.3 is 29.7 Å². The molecule has 0 saturated carbocycles. The van der Waals surface area contributed by atoms with E-state index >= 15 is 0 Å². The van der Waals surface area contributed by atoms with Crippen LogP contribution in [0.4, 0.5) is 0 Å². The van der Waals surface area contributed by atoms with Crippen LogP contribution in [0.5, 0.6) is 0 Å². The fourth-order valence-electron chi connectivity index (χ4n) is 4.66. The van der Waals surface area contributed by atoms with Crippen LogP contribution in [-0.2, 0) is 37.0 Å². The molecule has 1 aliphatic heterocycles. The second kappa shape index (κ2) is 15.1. The second-order valence-corrected chi connectivity index (χ2v) is 11.1. The van der Waals surface area contributed by atoms with Gasteiger partial charge in [0.05, 0.1) is 25.4 Å². The summed E-state index contributed by atoms with van der Waals surface area (Å²) in [6.07, 6.45) is -0.970. The molecule has 218 valence electrons. The van der Waals surface area contributed by atoms with Crippen molar-refractivity contribution in [3.05, 3.63) is 95.1 Å². The number of aliphatic hydroxyl groups excluding tert-OH is 2. The molecule has 0 unspecified atom stereocenters. The van der Waals surface area contributed by atoms with Crippen molar-refractivity contribution in [2.24, 2.45) is 0 Å². The van der Waals surface area contributed by atoms with Gasteiger partial charge >= 0.3 is 5.97 Å². The van der Waals surface area contributed by atoms with Crippen molar-refractivity contribution in [3.8, 4) is 11.1 Å². The maximum absolute atomic E-state index is 12.3. The van der Waals surface area contributed by atoms with E-state index in [1.54, 1.807) is 18.7 Å². The number of amides is 1. The van der Waals surface area contributed by atoms with Crippen molar-refractivity contribution in [1.82, 2.24) is 5.32 Å². The molecule has 9 heteroatoms. The summed E-state index contributed by atoms with van der Waals surface area (Å²) in [5.41, 5.74) is 5.65. The van der Waals surface area contributed by atoms with Crippen LogP contribution in [0.25, 0.3) is 11.1 Å². The molecule has 1 saturated heterocycles. The molecule has 0 aromatic heterocycles. The monoisotopic (exact) mass is 579 g/mol. The van der Waals surface area contributed by atoms with E-state index in [1.165, 1.54) is 6.92 Å². The number of rotatable bonds is 12. The van der Waals surface area contributed by atoms with Crippen LogP contribution in [0.3, 0.4) is 0 Å². The molecule has 0 spiro atoms. The Kier molecular flexibility index (Phi) is 11.4. The third-order valence-corrected chi connectivity index (χ3v) is 7.83. The number of aliphatic hydroxyl groups is 2. The van der Waals surface area contributed by atoms with E-state index in [1.807, 2.05) is 66.7 Å². The molecule has 1 heterocycles. The van der Waals surface area contributed by atoms with Crippen molar-refractivity contribution in [3.63, 3.8) is 0 Å². The predicted octanol–water partition coefficient (Wildman–Crippen LogP) is 4.68. The van der Waals surface area contributed by atoms with Gasteiger partial charge in [-0.2, -0.15) is 11.8 Å². The molecule has 0 bridgehead atoms. The number of nitrogens with one attached hydrogen (secondary N) is 1. The van der Waals surface area contributed by atoms with Crippen LogP contribution in [0.2, 0.25) is 0 Å². The van der Waals surface area contributed by atoms with Gasteiger partial charge in [-0.15, -0.1) is 0 Å². The van der Waals surface area contributed by atoms with E-state index in [4.69, 9.17) is 14.2 Å². The zero-order valence-electron chi connectivity index (χ0n) is 23.3. The number of ether oxygens (including phenoxy) is 3. The maximum atomic E-state index is 12.3. The molecule has 0 radical (unpaired) electrons. The first-order valence-electron chi connectivity index (χ1n) is 13.7. The summed E-state index contributed by atoms with van der Waals surface area (Å²) in [7, 11) is 0. The molecule has 0 aliphatic carbocycles. The minimum absolute atomic E-state index is 0.00820. The van der Waals surface area contributed by atoms with Gasteiger partial charge in [-0.1, -0.05) is 60.7 Å². The molecule has 4 rings (SSSR count). The molecule has 3 aromatic rings. The average Bonchev–Trinajstić information content (AvgIpc) is 3.00. The molecule has 1 aliphatic rings. The Hall–Kier alpha value is -3.21. The van der Waals surface area contributed by atoms with Crippen LogP contribution in [0.1, 0.15) is 54.9 Å². The van der Waals surface area contributed by atoms with Gasteiger partial charge in [0.25, 0.3) is 5.91 Å². The molecule has 4 atom stereocenters. The molecular weight excluding hydrogens is 542 g/mol. The minimum atomic E-state index is -0.856. The normalized spacial score (nSPS) is 19.4. The summed E-state index contributed by atoms with van der Waals surface area (Å²) in [6, 6.07) is 23.7. The van der Waals surface area contributed by atoms with Crippen LogP contribution in [0, 0.1) is 0 Å². The summed E-state index contributed by atoms with van der Waals surface area (Å²) < 4.78 is 17.8. The largest absolute Gasteiger partial charge is 0.453 e. The quantitative estimate of drug-likeness (QED) is 0.209. The molecule has 1 fully saturated rings. The molecule has 41 heavy (non-hydrogen) atoms. The highest BCUT2D eigenvalue weighted by atomic mass is 32.2. The molecule has 1 amide bonds. The first kappa shape index (κ1) is 30.7. The highest BCUT2D eigenvalue weighted by Crippen LogP contribution is 2.39. The van der Waals surface area contributed by atoms with Crippen LogP contribution in [-0.4, -0.2) is 52.4 Å². The number of esters is 1. The lowest BCUT2D eigenvalue weighted by molar-refractivity contribution is -0.245. The fourth-order valence-corrected chi connectivity index (χ4v) is 5.44. The van der Waals surface area contributed by atoms with Gasteiger partial charge in [-0.25, -0.2) is 0 Å². The summed E-state index contributed by atoms with van der Waals surface area (Å²) in [5, 5.41) is 21.5. The third-order valence-electron chi connectivity index (χ3n) is 6.75. The van der Waals surface area contributed by atoms with Crippen molar-refractivity contribution in [2.75, 3.05) is 18.1 Å². The minimum Gasteiger partial charge on any atom is -0.453 e. The highest BCUT2D eigenvalue weighted by Gasteiger charge is 2.32. The van der Waals surface area contributed by atoms with Gasteiger partial charge in [-0.05, 0) is 46.9 Å². The van der Waals surface area contributed by atoms with E-state index in [0.29, 0.717) is 18.7 Å². The van der Waals surface area contributed by atoms with Crippen molar-refractivity contribution in [1.29, 1.82) is 0 Å². The number of carbonyl (C=O) groups is 2. The molecule has 3 aromatic carbocycles. The molecular formula is C32H37NO7S.